The van der Waals surface area contributed by atoms with E-state index in [2.05, 4.69) is 46.4 Å². The third-order valence-corrected chi connectivity index (χ3v) is 12.5. The molecular weight excluding hydrogens is 873 g/mol. The maximum Gasteiger partial charge on any atom is 0.306 e. The highest BCUT2D eigenvalue weighted by atomic mass is 32.1. The number of carbonyl (C=O) groups excluding carboxylic acids is 2. The molecule has 0 radical (unpaired) electrons. The molecule has 2 aliphatic heterocycles. The quantitative estimate of drug-likeness (QED) is 0.0261. The van der Waals surface area contributed by atoms with Crippen molar-refractivity contribution in [2.75, 3.05) is 92.0 Å². The van der Waals surface area contributed by atoms with Crippen molar-refractivity contribution < 1.29 is 38.0 Å². The zero-order chi connectivity index (χ0) is 47.4. The molecule has 0 bridgehead atoms. The van der Waals surface area contributed by atoms with Crippen LogP contribution in [-0.2, 0) is 38.0 Å². The summed E-state index contributed by atoms with van der Waals surface area (Å²) in [5.41, 5.74) is 0. The average molecular weight is 967 g/mol. The molecule has 2 N–H and O–H groups in total. The first-order valence-electron chi connectivity index (χ1n) is 26.5. The van der Waals surface area contributed by atoms with Crippen LogP contribution < -0.4 is 10.6 Å². The highest BCUT2D eigenvalue weighted by Crippen LogP contribution is 2.13. The van der Waals surface area contributed by atoms with Gasteiger partial charge < -0.3 is 48.9 Å². The molecule has 0 aliphatic carbocycles. The van der Waals surface area contributed by atoms with Crippen LogP contribution in [-0.4, -0.2) is 136 Å². The second-order valence-electron chi connectivity index (χ2n) is 18.0. The van der Waals surface area contributed by atoms with E-state index in [1.54, 1.807) is 0 Å². The minimum atomic E-state index is -0.584. The number of thiocarbonyl (C=S) groups is 2. The second-order valence-corrected chi connectivity index (χ2v) is 18.8. The van der Waals surface area contributed by atoms with Gasteiger partial charge >= 0.3 is 11.9 Å². The Morgan fingerprint density at radius 3 is 1.33 bits per heavy atom. The van der Waals surface area contributed by atoms with Crippen molar-refractivity contribution in [1.82, 2.24) is 20.4 Å². The van der Waals surface area contributed by atoms with Gasteiger partial charge in [-0.1, -0.05) is 89.5 Å². The van der Waals surface area contributed by atoms with Gasteiger partial charge in [0.05, 0.1) is 13.2 Å². The highest BCUT2D eigenvalue weighted by Gasteiger charge is 2.28. The summed E-state index contributed by atoms with van der Waals surface area (Å²) in [5, 5.41) is 7.21. The summed E-state index contributed by atoms with van der Waals surface area (Å²) in [5.74, 6) is -0.329. The van der Waals surface area contributed by atoms with Crippen molar-refractivity contribution in [3.8, 4) is 0 Å². The van der Waals surface area contributed by atoms with Crippen LogP contribution in [0.25, 0.3) is 0 Å². The van der Waals surface area contributed by atoms with Crippen LogP contribution in [0.4, 0.5) is 0 Å². The minimum Gasteiger partial charge on any atom is -0.461 e. The van der Waals surface area contributed by atoms with Crippen LogP contribution >= 0.6 is 24.4 Å². The van der Waals surface area contributed by atoms with Crippen LogP contribution in [0.5, 0.6) is 0 Å². The first-order valence-corrected chi connectivity index (χ1v) is 27.3. The Morgan fingerprint density at radius 2 is 0.924 bits per heavy atom. The van der Waals surface area contributed by atoms with E-state index in [1.807, 2.05) is 12.2 Å². The van der Waals surface area contributed by atoms with Gasteiger partial charge in [0, 0.05) is 39.1 Å². The maximum absolute atomic E-state index is 12.3. The lowest BCUT2D eigenvalue weighted by Crippen LogP contribution is -2.45. The number of hydrogen-bond acceptors (Lipinski definition) is 12. The number of nitrogens with one attached hydrogen (secondary N) is 2. The van der Waals surface area contributed by atoms with E-state index in [1.165, 1.54) is 103 Å². The van der Waals surface area contributed by atoms with Gasteiger partial charge in [-0.2, -0.15) is 0 Å². The van der Waals surface area contributed by atoms with Gasteiger partial charge in [-0.05, 0) is 166 Å². The van der Waals surface area contributed by atoms with Crippen molar-refractivity contribution >= 4 is 46.7 Å². The molecule has 12 nitrogen and oxygen atoms in total. The largest absolute Gasteiger partial charge is 0.461 e. The fourth-order valence-corrected chi connectivity index (χ4v) is 8.43. The fraction of sp³-hybridized carbons (Fsp3) is 0.846. The Bertz CT molecular complexity index is 1170. The summed E-state index contributed by atoms with van der Waals surface area (Å²) >= 11 is 11.4. The monoisotopic (exact) mass is 967 g/mol. The second kappa shape index (κ2) is 43.9. The lowest BCUT2D eigenvalue weighted by Gasteiger charge is -2.29. The van der Waals surface area contributed by atoms with E-state index in [0.29, 0.717) is 49.6 Å². The Kier molecular flexibility index (Phi) is 39.7. The molecule has 66 heavy (non-hydrogen) atoms. The van der Waals surface area contributed by atoms with E-state index in [0.717, 1.165) is 103 Å². The standard InChI is InChI=1S/C52H94N4O8S2/c1-3-5-7-9-11-13-29-43-61-49(57)31-17-15-27-41-59-45-47(63-51(65)53-33-19-21-35-55-37-23-24-38-55)48(64-52(66)54-34-20-22-36-56-39-25-26-40-56)46-60-42-28-16-18-32-50(58)62-44-30-14-12-10-8-6-4-2/h13-14,29-30,47-48H,3-12,15-28,31-46H2,1-2H3,(H,53,65)(H,54,66)/b29-13-,30-14-. The van der Waals surface area contributed by atoms with Gasteiger partial charge in [0.25, 0.3) is 10.3 Å². The third kappa shape index (κ3) is 35.7. The van der Waals surface area contributed by atoms with Gasteiger partial charge in [0.1, 0.15) is 13.2 Å². The Morgan fingerprint density at radius 1 is 0.515 bits per heavy atom. The van der Waals surface area contributed by atoms with Crippen molar-refractivity contribution in [3.05, 3.63) is 24.3 Å². The highest BCUT2D eigenvalue weighted by molar-refractivity contribution is 7.80. The number of nitrogens with zero attached hydrogens (tertiary/aromatic N) is 2. The fourth-order valence-electron chi connectivity index (χ4n) is 7.98. The number of rotatable bonds is 43. The van der Waals surface area contributed by atoms with Crippen LogP contribution in [0, 0.1) is 0 Å². The SMILES string of the molecule is CCCCCC/C=C\COC(=O)CCCCCOCC(OC(=S)NCCCCN1CCCC1)C(COCCCCCC(=O)OC/C=C\CCCCCC)OC(=S)NCCCCN1CCCC1. The summed E-state index contributed by atoms with van der Waals surface area (Å²) in [4.78, 5) is 29.6. The summed E-state index contributed by atoms with van der Waals surface area (Å²) in [7, 11) is 0. The van der Waals surface area contributed by atoms with Crippen LogP contribution in [0.1, 0.15) is 181 Å². The molecule has 0 aromatic carbocycles. The van der Waals surface area contributed by atoms with Gasteiger partial charge in [-0.3, -0.25) is 9.59 Å². The molecular formula is C52H94N4O8S2. The predicted molar refractivity (Wildman–Crippen MR) is 277 cm³/mol. The van der Waals surface area contributed by atoms with Gasteiger partial charge in [0.15, 0.2) is 12.2 Å². The molecule has 382 valence electrons. The average Bonchev–Trinajstić information content (AvgIpc) is 4.04. The van der Waals surface area contributed by atoms with Crippen molar-refractivity contribution in [3.63, 3.8) is 0 Å². The molecule has 2 unspecified atom stereocenters. The van der Waals surface area contributed by atoms with E-state index < -0.39 is 12.2 Å². The smallest absolute Gasteiger partial charge is 0.306 e. The topological polar surface area (TPSA) is 120 Å². The Hall–Kier alpha value is -2.36. The number of carbonyl (C=O) groups is 2. The minimum absolute atomic E-state index is 0.164. The number of likely N-dealkylation sites (tertiary alicyclic amines) is 2. The van der Waals surface area contributed by atoms with Gasteiger partial charge in [0.2, 0.25) is 0 Å². The van der Waals surface area contributed by atoms with Crippen LogP contribution in [0.3, 0.4) is 0 Å². The molecule has 2 fully saturated rings. The lowest BCUT2D eigenvalue weighted by atomic mass is 10.1. The van der Waals surface area contributed by atoms with Crippen molar-refractivity contribution in [1.29, 1.82) is 0 Å². The summed E-state index contributed by atoms with van der Waals surface area (Å²) in [6.45, 7) is 15.0. The zero-order valence-corrected chi connectivity index (χ0v) is 43.4. The summed E-state index contributed by atoms with van der Waals surface area (Å²) in [6.07, 6.45) is 33.8. The molecule has 2 saturated heterocycles. The molecule has 2 aliphatic rings. The number of hydrogen-bond donors (Lipinski definition) is 2. The van der Waals surface area contributed by atoms with E-state index >= 15 is 0 Å². The van der Waals surface area contributed by atoms with Crippen LogP contribution in [0.15, 0.2) is 24.3 Å². The molecule has 0 spiro atoms. The lowest BCUT2D eigenvalue weighted by molar-refractivity contribution is -0.143. The summed E-state index contributed by atoms with van der Waals surface area (Å²) < 4.78 is 36.0. The molecule has 0 saturated carbocycles. The van der Waals surface area contributed by atoms with Crippen molar-refractivity contribution in [2.24, 2.45) is 0 Å². The molecule has 14 heteroatoms. The van der Waals surface area contributed by atoms with Gasteiger partial charge in [-0.15, -0.1) is 0 Å². The Labute approximate surface area is 412 Å². The molecule has 0 aromatic rings. The first-order chi connectivity index (χ1) is 32.4. The molecule has 2 atom stereocenters. The summed E-state index contributed by atoms with van der Waals surface area (Å²) in [6, 6.07) is 0. The molecule has 2 heterocycles. The number of esters is 2. The first kappa shape index (κ1) is 59.8. The molecule has 0 amide bonds. The normalized spacial score (nSPS) is 15.4. The zero-order valence-electron chi connectivity index (χ0n) is 41.7. The number of unbranched alkanes of at least 4 members (excludes halogenated alkanes) is 14. The predicted octanol–water partition coefficient (Wildman–Crippen LogP) is 10.6. The number of ether oxygens (including phenoxy) is 6. The third-order valence-electron chi connectivity index (χ3n) is 12.0. The van der Waals surface area contributed by atoms with Crippen molar-refractivity contribution in [2.45, 2.75) is 193 Å². The van der Waals surface area contributed by atoms with Crippen LogP contribution in [0.2, 0.25) is 0 Å². The van der Waals surface area contributed by atoms with E-state index in [-0.39, 0.29) is 25.2 Å². The maximum atomic E-state index is 12.3. The van der Waals surface area contributed by atoms with E-state index in [4.69, 9.17) is 52.9 Å². The Balaban J connectivity index is 1.87. The number of allylic oxidation sites excluding steroid dienone is 2. The molecule has 0 aromatic heterocycles. The van der Waals surface area contributed by atoms with Gasteiger partial charge in [-0.25, -0.2) is 0 Å². The van der Waals surface area contributed by atoms with E-state index in [9.17, 15) is 9.59 Å². The molecule has 2 rings (SSSR count).